The van der Waals surface area contributed by atoms with Gasteiger partial charge < -0.3 is 10.2 Å². The maximum absolute atomic E-state index is 3.59. The predicted molar refractivity (Wildman–Crippen MR) is 81.7 cm³/mol. The van der Waals surface area contributed by atoms with E-state index in [2.05, 4.69) is 49.2 Å². The number of nitrogens with zero attached hydrogens (tertiary/aromatic N) is 1. The minimum atomic E-state index is 0.318. The van der Waals surface area contributed by atoms with Crippen molar-refractivity contribution in [2.24, 2.45) is 0 Å². The fraction of sp³-hybridized carbons (Fsp3) is 0.647. The predicted octanol–water partition coefficient (Wildman–Crippen LogP) is 3.63. The molecule has 0 bridgehead atoms. The van der Waals surface area contributed by atoms with Crippen molar-refractivity contribution in [3.8, 4) is 0 Å². The molecule has 1 N–H and O–H groups in total. The van der Waals surface area contributed by atoms with Gasteiger partial charge in [-0.2, -0.15) is 0 Å². The number of hydrogen-bond acceptors (Lipinski definition) is 2. The second-order valence-electron chi connectivity index (χ2n) is 6.84. The van der Waals surface area contributed by atoms with Crippen LogP contribution in [0.1, 0.15) is 50.7 Å². The van der Waals surface area contributed by atoms with Crippen molar-refractivity contribution in [1.82, 2.24) is 5.32 Å². The molecule has 0 spiro atoms. The highest BCUT2D eigenvalue weighted by Crippen LogP contribution is 2.35. The van der Waals surface area contributed by atoms with Crippen LogP contribution in [-0.4, -0.2) is 18.1 Å². The lowest BCUT2D eigenvalue weighted by molar-refractivity contribution is 0.517. The fourth-order valence-corrected chi connectivity index (χ4v) is 3.23. The van der Waals surface area contributed by atoms with E-state index >= 15 is 0 Å². The van der Waals surface area contributed by atoms with Gasteiger partial charge in [0.25, 0.3) is 0 Å². The van der Waals surface area contributed by atoms with Gasteiger partial charge in [-0.05, 0) is 63.6 Å². The molecule has 1 aliphatic carbocycles. The third-order valence-corrected chi connectivity index (χ3v) is 4.63. The number of hydrogen-bond donors (Lipinski definition) is 1. The first-order valence-corrected chi connectivity index (χ1v) is 7.67. The maximum atomic E-state index is 3.59. The average molecular weight is 258 g/mol. The first-order chi connectivity index (χ1) is 9.06. The first-order valence-electron chi connectivity index (χ1n) is 7.67. The summed E-state index contributed by atoms with van der Waals surface area (Å²) in [4.78, 5) is 2.58. The van der Waals surface area contributed by atoms with E-state index in [9.17, 15) is 0 Å². The Morgan fingerprint density at radius 1 is 1.32 bits per heavy atom. The van der Waals surface area contributed by atoms with E-state index in [4.69, 9.17) is 0 Å². The van der Waals surface area contributed by atoms with E-state index in [-0.39, 0.29) is 0 Å². The molecule has 0 unspecified atom stereocenters. The maximum Gasteiger partial charge on any atom is 0.0400 e. The Hall–Kier alpha value is -1.02. The number of anilines is 1. The zero-order valence-corrected chi connectivity index (χ0v) is 12.5. The summed E-state index contributed by atoms with van der Waals surface area (Å²) < 4.78 is 0. The Bertz CT molecular complexity index is 460. The number of benzene rings is 1. The second kappa shape index (κ2) is 4.82. The third kappa shape index (κ3) is 2.79. The zero-order valence-electron chi connectivity index (χ0n) is 12.5. The topological polar surface area (TPSA) is 15.3 Å². The molecule has 1 aromatic rings. The Morgan fingerprint density at radius 3 is 2.68 bits per heavy atom. The van der Waals surface area contributed by atoms with Crippen LogP contribution in [-0.2, 0) is 6.54 Å². The first kappa shape index (κ1) is 13.0. The van der Waals surface area contributed by atoms with E-state index in [1.807, 2.05) is 0 Å². The smallest absolute Gasteiger partial charge is 0.0400 e. The van der Waals surface area contributed by atoms with Crippen molar-refractivity contribution in [3.63, 3.8) is 0 Å². The Morgan fingerprint density at radius 2 is 2.11 bits per heavy atom. The largest absolute Gasteiger partial charge is 0.366 e. The summed E-state index contributed by atoms with van der Waals surface area (Å²) in [6.45, 7) is 9.21. The molecule has 0 radical (unpaired) electrons. The van der Waals surface area contributed by atoms with E-state index < -0.39 is 0 Å². The number of nitrogens with one attached hydrogen (secondary N) is 1. The normalized spacial score (nSPS) is 21.9. The molecule has 2 heteroatoms. The minimum Gasteiger partial charge on any atom is -0.366 e. The van der Waals surface area contributed by atoms with Crippen molar-refractivity contribution in [1.29, 1.82) is 0 Å². The summed E-state index contributed by atoms with van der Waals surface area (Å²) in [5, 5.41) is 3.59. The Balaban J connectivity index is 1.75. The van der Waals surface area contributed by atoms with Gasteiger partial charge in [-0.1, -0.05) is 12.1 Å². The van der Waals surface area contributed by atoms with Gasteiger partial charge in [0, 0.05) is 30.4 Å². The molecule has 1 saturated heterocycles. The lowest BCUT2D eigenvalue weighted by Gasteiger charge is -2.35. The van der Waals surface area contributed by atoms with Crippen molar-refractivity contribution < 1.29 is 0 Å². The van der Waals surface area contributed by atoms with Crippen molar-refractivity contribution in [2.45, 2.75) is 64.6 Å². The van der Waals surface area contributed by atoms with Gasteiger partial charge in [-0.25, -0.2) is 0 Å². The number of aryl methyl sites for hydroxylation is 1. The molecule has 1 aliphatic heterocycles. The molecule has 2 fully saturated rings. The molecule has 2 nitrogen and oxygen atoms in total. The van der Waals surface area contributed by atoms with Crippen LogP contribution >= 0.6 is 0 Å². The summed E-state index contributed by atoms with van der Waals surface area (Å²) >= 11 is 0. The van der Waals surface area contributed by atoms with Crippen LogP contribution < -0.4 is 10.2 Å². The van der Waals surface area contributed by atoms with E-state index in [0.29, 0.717) is 5.54 Å². The number of rotatable bonds is 4. The van der Waals surface area contributed by atoms with Gasteiger partial charge in [-0.15, -0.1) is 0 Å². The highest BCUT2D eigenvalue weighted by atomic mass is 15.2. The molecule has 1 aromatic carbocycles. The van der Waals surface area contributed by atoms with Crippen molar-refractivity contribution >= 4 is 5.69 Å². The Kier molecular flexibility index (Phi) is 3.30. The zero-order chi connectivity index (χ0) is 13.5. The molecule has 0 atom stereocenters. The van der Waals surface area contributed by atoms with Gasteiger partial charge >= 0.3 is 0 Å². The molecule has 3 rings (SSSR count). The molecule has 104 valence electrons. The van der Waals surface area contributed by atoms with Crippen LogP contribution in [0.5, 0.6) is 0 Å². The standard InChI is InChI=1S/C17H26N2/c1-13-11-14(12-18-15-6-7-15)5-8-16(13)19-10-4-9-17(19,2)3/h5,8,11,15,18H,4,6-7,9-10,12H2,1-3H3. The second-order valence-corrected chi connectivity index (χ2v) is 6.84. The van der Waals surface area contributed by atoms with Crippen LogP contribution in [0.25, 0.3) is 0 Å². The van der Waals surface area contributed by atoms with Crippen molar-refractivity contribution in [3.05, 3.63) is 29.3 Å². The van der Waals surface area contributed by atoms with Crippen molar-refractivity contribution in [2.75, 3.05) is 11.4 Å². The van der Waals surface area contributed by atoms with E-state index in [1.54, 1.807) is 0 Å². The van der Waals surface area contributed by atoms with Crippen LogP contribution in [0.3, 0.4) is 0 Å². The van der Waals surface area contributed by atoms with Crippen LogP contribution in [0.4, 0.5) is 5.69 Å². The monoisotopic (exact) mass is 258 g/mol. The van der Waals surface area contributed by atoms with Gasteiger partial charge in [-0.3, -0.25) is 0 Å². The molecule has 0 amide bonds. The van der Waals surface area contributed by atoms with Gasteiger partial charge in [0.15, 0.2) is 0 Å². The molecule has 1 saturated carbocycles. The summed E-state index contributed by atoms with van der Waals surface area (Å²) in [5.74, 6) is 0. The molecular weight excluding hydrogens is 232 g/mol. The SMILES string of the molecule is Cc1cc(CNC2CC2)ccc1N1CCCC1(C)C. The molecule has 2 aliphatic rings. The highest BCUT2D eigenvalue weighted by molar-refractivity contribution is 5.57. The quantitative estimate of drug-likeness (QED) is 0.887. The van der Waals surface area contributed by atoms with Gasteiger partial charge in [0.1, 0.15) is 0 Å². The third-order valence-electron chi connectivity index (χ3n) is 4.63. The van der Waals surface area contributed by atoms with Gasteiger partial charge in [0.05, 0.1) is 0 Å². The van der Waals surface area contributed by atoms with Crippen LogP contribution in [0.15, 0.2) is 18.2 Å². The summed E-state index contributed by atoms with van der Waals surface area (Å²) in [6.07, 6.45) is 5.34. The van der Waals surface area contributed by atoms with E-state index in [1.165, 1.54) is 49.0 Å². The Labute approximate surface area is 117 Å². The lowest BCUT2D eigenvalue weighted by atomic mass is 10.00. The van der Waals surface area contributed by atoms with Crippen LogP contribution in [0.2, 0.25) is 0 Å². The minimum absolute atomic E-state index is 0.318. The summed E-state index contributed by atoms with van der Waals surface area (Å²) in [7, 11) is 0. The van der Waals surface area contributed by atoms with E-state index in [0.717, 1.165) is 12.6 Å². The molecular formula is C17H26N2. The lowest BCUT2D eigenvalue weighted by Crippen LogP contribution is -2.38. The fourth-order valence-electron chi connectivity index (χ4n) is 3.23. The molecule has 0 aromatic heterocycles. The molecule has 1 heterocycles. The van der Waals surface area contributed by atoms with Gasteiger partial charge in [0.2, 0.25) is 0 Å². The summed E-state index contributed by atoms with van der Waals surface area (Å²) in [5.41, 5.74) is 4.59. The highest BCUT2D eigenvalue weighted by Gasteiger charge is 2.32. The average Bonchev–Trinajstić information content (AvgIpc) is 3.11. The van der Waals surface area contributed by atoms with Crippen LogP contribution in [0, 0.1) is 6.92 Å². The summed E-state index contributed by atoms with van der Waals surface area (Å²) in [6, 6.07) is 7.77. The molecule has 19 heavy (non-hydrogen) atoms.